The first-order valence-corrected chi connectivity index (χ1v) is 7.74. The average Bonchev–Trinajstić information content (AvgIpc) is 2.87. The Hall–Kier alpha value is -2.66. The number of halogens is 2. The Bertz CT molecular complexity index is 874. The summed E-state index contributed by atoms with van der Waals surface area (Å²) in [5, 5.41) is 7.26. The lowest BCUT2D eigenvalue weighted by Gasteiger charge is -2.04. The quantitative estimate of drug-likeness (QED) is 0.768. The first-order chi connectivity index (χ1) is 11.5. The number of nitrogens with zero attached hydrogens (tertiary/aromatic N) is 2. The predicted octanol–water partition coefficient (Wildman–Crippen LogP) is 4.28. The molecule has 0 fully saturated rings. The van der Waals surface area contributed by atoms with E-state index in [1.54, 1.807) is 35.1 Å². The van der Waals surface area contributed by atoms with Crippen molar-refractivity contribution in [3.05, 3.63) is 82.3 Å². The fraction of sp³-hybridized carbons (Fsp3) is 0.111. The number of amides is 1. The van der Waals surface area contributed by atoms with Crippen molar-refractivity contribution in [3.63, 3.8) is 0 Å². The molecule has 122 valence electrons. The van der Waals surface area contributed by atoms with Crippen molar-refractivity contribution in [2.45, 2.75) is 13.5 Å². The largest absolute Gasteiger partial charge is 0.304 e. The summed E-state index contributed by atoms with van der Waals surface area (Å²) in [5.74, 6) is -0.315. The second kappa shape index (κ2) is 6.84. The van der Waals surface area contributed by atoms with Crippen molar-refractivity contribution in [2.75, 3.05) is 5.32 Å². The highest BCUT2D eigenvalue weighted by atomic mass is 35.5. The molecule has 0 spiro atoms. The molecule has 1 N–H and O–H groups in total. The van der Waals surface area contributed by atoms with Gasteiger partial charge in [-0.15, -0.1) is 0 Å². The van der Waals surface area contributed by atoms with E-state index in [1.807, 2.05) is 19.1 Å². The Balaban J connectivity index is 1.74. The van der Waals surface area contributed by atoms with Gasteiger partial charge in [0.25, 0.3) is 5.91 Å². The maximum absolute atomic E-state index is 13.2. The lowest BCUT2D eigenvalue weighted by atomic mass is 10.1. The van der Waals surface area contributed by atoms with E-state index in [2.05, 4.69) is 10.4 Å². The smallest absolute Gasteiger partial charge is 0.256 e. The summed E-state index contributed by atoms with van der Waals surface area (Å²) in [5.41, 5.74) is 2.35. The summed E-state index contributed by atoms with van der Waals surface area (Å²) < 4.78 is 14.8. The summed E-state index contributed by atoms with van der Waals surface area (Å²) in [6.45, 7) is 2.31. The van der Waals surface area contributed by atoms with Crippen molar-refractivity contribution in [2.24, 2.45) is 0 Å². The van der Waals surface area contributed by atoms with E-state index in [0.29, 0.717) is 17.1 Å². The van der Waals surface area contributed by atoms with Crippen LogP contribution in [0.1, 0.15) is 21.5 Å². The number of hydrogen-bond donors (Lipinski definition) is 1. The first-order valence-electron chi connectivity index (χ1n) is 7.37. The zero-order valence-electron chi connectivity index (χ0n) is 13.0. The molecule has 3 rings (SSSR count). The minimum absolute atomic E-state index is 0.277. The van der Waals surface area contributed by atoms with Gasteiger partial charge in [0.05, 0.1) is 6.54 Å². The third-order valence-corrected chi connectivity index (χ3v) is 3.77. The minimum atomic E-state index is -0.307. The summed E-state index contributed by atoms with van der Waals surface area (Å²) >= 11 is 6.13. The highest BCUT2D eigenvalue weighted by molar-refractivity contribution is 6.33. The standard InChI is InChI=1S/C18H15ClFN3O/c1-12-5-7-14(8-6-12)18(24)21-17-16(19)11-23(22-17)10-13-3-2-4-15(20)9-13/h2-9,11H,10H2,1H3,(H,21,22,24). The van der Waals surface area contributed by atoms with E-state index in [1.165, 1.54) is 12.1 Å². The summed E-state index contributed by atoms with van der Waals surface area (Å²) in [7, 11) is 0. The van der Waals surface area contributed by atoms with Crippen LogP contribution in [0.2, 0.25) is 5.02 Å². The number of nitrogens with one attached hydrogen (secondary N) is 1. The molecule has 1 amide bonds. The van der Waals surface area contributed by atoms with Crippen LogP contribution in [0.4, 0.5) is 10.2 Å². The van der Waals surface area contributed by atoms with E-state index in [9.17, 15) is 9.18 Å². The number of aryl methyl sites for hydroxylation is 1. The van der Waals surface area contributed by atoms with E-state index in [4.69, 9.17) is 11.6 Å². The third-order valence-electron chi connectivity index (χ3n) is 3.50. The summed E-state index contributed by atoms with van der Waals surface area (Å²) in [6, 6.07) is 13.4. The Morgan fingerprint density at radius 2 is 2.00 bits per heavy atom. The molecule has 0 aliphatic heterocycles. The lowest BCUT2D eigenvalue weighted by Crippen LogP contribution is -2.13. The van der Waals surface area contributed by atoms with Crippen LogP contribution in [0.25, 0.3) is 0 Å². The van der Waals surface area contributed by atoms with Gasteiger partial charge in [0.15, 0.2) is 5.82 Å². The molecule has 0 saturated carbocycles. The van der Waals surface area contributed by atoms with Gasteiger partial charge in [-0.2, -0.15) is 5.10 Å². The van der Waals surface area contributed by atoms with E-state index < -0.39 is 0 Å². The number of hydrogen-bond acceptors (Lipinski definition) is 2. The Kier molecular flexibility index (Phi) is 4.62. The van der Waals surface area contributed by atoms with Crippen molar-refractivity contribution >= 4 is 23.3 Å². The molecule has 4 nitrogen and oxygen atoms in total. The first kappa shape index (κ1) is 16.2. The Morgan fingerprint density at radius 3 is 2.71 bits per heavy atom. The number of anilines is 1. The summed E-state index contributed by atoms with van der Waals surface area (Å²) in [4.78, 5) is 12.2. The van der Waals surface area contributed by atoms with Gasteiger partial charge in [0.1, 0.15) is 10.8 Å². The number of benzene rings is 2. The van der Waals surface area contributed by atoms with Gasteiger partial charge in [-0.25, -0.2) is 4.39 Å². The van der Waals surface area contributed by atoms with Gasteiger partial charge >= 0.3 is 0 Å². The van der Waals surface area contributed by atoms with Gasteiger partial charge < -0.3 is 5.32 Å². The highest BCUT2D eigenvalue weighted by Crippen LogP contribution is 2.21. The van der Waals surface area contributed by atoms with Crippen LogP contribution in [-0.2, 0) is 6.54 Å². The molecule has 2 aromatic carbocycles. The lowest BCUT2D eigenvalue weighted by molar-refractivity contribution is 0.102. The molecule has 0 atom stereocenters. The van der Waals surface area contributed by atoms with Crippen LogP contribution < -0.4 is 5.32 Å². The third kappa shape index (κ3) is 3.81. The van der Waals surface area contributed by atoms with E-state index in [-0.39, 0.29) is 17.5 Å². The van der Waals surface area contributed by atoms with Crippen molar-refractivity contribution < 1.29 is 9.18 Å². The molecule has 24 heavy (non-hydrogen) atoms. The molecule has 1 heterocycles. The average molecular weight is 344 g/mol. The molecular formula is C18H15ClFN3O. The number of aromatic nitrogens is 2. The molecule has 3 aromatic rings. The zero-order chi connectivity index (χ0) is 17.1. The number of carbonyl (C=O) groups excluding carboxylic acids is 1. The van der Waals surface area contributed by atoms with Gasteiger partial charge in [0.2, 0.25) is 0 Å². The van der Waals surface area contributed by atoms with Crippen LogP contribution >= 0.6 is 11.6 Å². The maximum atomic E-state index is 13.2. The highest BCUT2D eigenvalue weighted by Gasteiger charge is 2.12. The molecule has 0 aliphatic carbocycles. The predicted molar refractivity (Wildman–Crippen MR) is 91.9 cm³/mol. The van der Waals surface area contributed by atoms with Gasteiger partial charge in [-0.05, 0) is 36.8 Å². The molecule has 0 bridgehead atoms. The molecule has 0 radical (unpaired) electrons. The SMILES string of the molecule is Cc1ccc(C(=O)Nc2nn(Cc3cccc(F)c3)cc2Cl)cc1. The van der Waals surface area contributed by atoms with Crippen molar-refractivity contribution in [1.82, 2.24) is 9.78 Å². The van der Waals surface area contributed by atoms with Crippen LogP contribution in [0.15, 0.2) is 54.7 Å². The van der Waals surface area contributed by atoms with Crippen molar-refractivity contribution in [1.29, 1.82) is 0 Å². The molecule has 1 aromatic heterocycles. The number of rotatable bonds is 4. The molecule has 6 heteroatoms. The van der Waals surface area contributed by atoms with Crippen LogP contribution in [0.5, 0.6) is 0 Å². The molecule has 0 aliphatic rings. The Morgan fingerprint density at radius 1 is 1.25 bits per heavy atom. The Labute approximate surface area is 143 Å². The molecule has 0 unspecified atom stereocenters. The van der Waals surface area contributed by atoms with Gasteiger partial charge in [-0.3, -0.25) is 9.48 Å². The number of carbonyl (C=O) groups is 1. The van der Waals surface area contributed by atoms with Gasteiger partial charge in [-0.1, -0.05) is 41.4 Å². The second-order valence-corrected chi connectivity index (χ2v) is 5.88. The van der Waals surface area contributed by atoms with Crippen LogP contribution in [-0.4, -0.2) is 15.7 Å². The minimum Gasteiger partial charge on any atom is -0.304 e. The fourth-order valence-electron chi connectivity index (χ4n) is 2.27. The molecule has 0 saturated heterocycles. The van der Waals surface area contributed by atoms with Crippen molar-refractivity contribution in [3.8, 4) is 0 Å². The van der Waals surface area contributed by atoms with Gasteiger partial charge in [0, 0.05) is 11.8 Å². The topological polar surface area (TPSA) is 46.9 Å². The van der Waals surface area contributed by atoms with E-state index in [0.717, 1.165) is 11.1 Å². The monoisotopic (exact) mass is 343 g/mol. The molecular weight excluding hydrogens is 329 g/mol. The fourth-order valence-corrected chi connectivity index (χ4v) is 2.47. The second-order valence-electron chi connectivity index (χ2n) is 5.47. The van der Waals surface area contributed by atoms with Crippen LogP contribution in [0.3, 0.4) is 0 Å². The normalized spacial score (nSPS) is 10.6. The summed E-state index contributed by atoms with van der Waals surface area (Å²) in [6.07, 6.45) is 1.59. The van der Waals surface area contributed by atoms with Crippen LogP contribution in [0, 0.1) is 12.7 Å². The zero-order valence-corrected chi connectivity index (χ0v) is 13.7. The maximum Gasteiger partial charge on any atom is 0.256 e. The van der Waals surface area contributed by atoms with E-state index >= 15 is 0 Å².